The first-order valence-corrected chi connectivity index (χ1v) is 10.7. The molecule has 3 saturated heterocycles. The van der Waals surface area contributed by atoms with E-state index in [0.29, 0.717) is 0 Å². The van der Waals surface area contributed by atoms with Crippen LogP contribution >= 0.6 is 0 Å². The third-order valence-corrected chi connectivity index (χ3v) is 8.58. The molecule has 3 nitrogen and oxygen atoms in total. The quantitative estimate of drug-likeness (QED) is 0.770. The minimum absolute atomic E-state index is 0.730. The lowest BCUT2D eigenvalue weighted by molar-refractivity contribution is -0.118. The summed E-state index contributed by atoms with van der Waals surface area (Å²) in [6.07, 6.45) is 12.0. The predicted octanol–water partition coefficient (Wildman–Crippen LogP) is 3.06. The summed E-state index contributed by atoms with van der Waals surface area (Å²) < 4.78 is 0. The lowest BCUT2D eigenvalue weighted by Crippen LogP contribution is -2.69. The van der Waals surface area contributed by atoms with E-state index >= 15 is 0 Å². The van der Waals surface area contributed by atoms with Gasteiger partial charge in [0.1, 0.15) is 0 Å². The molecule has 0 aromatic heterocycles. The Labute approximate surface area is 148 Å². The Balaban J connectivity index is 1.07. The highest BCUT2D eigenvalue weighted by atomic mass is 15.3. The highest BCUT2D eigenvalue weighted by molar-refractivity contribution is 5.06. The fraction of sp³-hybridized carbons (Fsp3) is 1.00. The number of hydrogen-bond acceptors (Lipinski definition) is 3. The van der Waals surface area contributed by atoms with Crippen molar-refractivity contribution in [3.63, 3.8) is 0 Å². The summed E-state index contributed by atoms with van der Waals surface area (Å²) >= 11 is 0. The molecule has 3 heteroatoms. The summed E-state index contributed by atoms with van der Waals surface area (Å²) in [5.41, 5.74) is 1.48. The average molecular weight is 332 g/mol. The van der Waals surface area contributed by atoms with Crippen LogP contribution in [0, 0.1) is 16.7 Å². The lowest BCUT2D eigenvalue weighted by atomic mass is 9.63. The average Bonchev–Trinajstić information content (AvgIpc) is 2.49. The topological polar surface area (TPSA) is 9.72 Å². The summed E-state index contributed by atoms with van der Waals surface area (Å²) in [7, 11) is 2.25. The zero-order valence-electron chi connectivity index (χ0n) is 16.0. The van der Waals surface area contributed by atoms with Gasteiger partial charge in [-0.3, -0.25) is 9.80 Å². The highest BCUT2D eigenvalue weighted by Crippen LogP contribution is 2.50. The maximum absolute atomic E-state index is 2.88. The van der Waals surface area contributed by atoms with Crippen molar-refractivity contribution in [3.05, 3.63) is 0 Å². The van der Waals surface area contributed by atoms with Crippen molar-refractivity contribution in [2.45, 2.75) is 70.4 Å². The molecular formula is C21H37N3. The van der Waals surface area contributed by atoms with Crippen molar-refractivity contribution in [2.75, 3.05) is 46.3 Å². The van der Waals surface area contributed by atoms with Gasteiger partial charge in [-0.25, -0.2) is 0 Å². The van der Waals surface area contributed by atoms with Crippen LogP contribution in [0.25, 0.3) is 0 Å². The second kappa shape index (κ2) is 5.69. The summed E-state index contributed by atoms with van der Waals surface area (Å²) in [6, 6.07) is 1.83. The van der Waals surface area contributed by atoms with Gasteiger partial charge in [-0.05, 0) is 62.3 Å². The molecule has 3 aliphatic heterocycles. The zero-order chi connectivity index (χ0) is 16.4. The number of nitrogens with zero attached hydrogens (tertiary/aromatic N) is 3. The molecule has 0 N–H and O–H groups in total. The molecule has 0 radical (unpaired) electrons. The predicted molar refractivity (Wildman–Crippen MR) is 99.2 cm³/mol. The standard InChI is InChI=1S/C21H37N3/c1-17-3-7-20(8-4-17)13-23(14-20)18-5-9-21(10-6-18)15-24(16-21)19-11-22(2)12-19/h17-19H,3-16H2,1-2H3. The van der Waals surface area contributed by atoms with Crippen molar-refractivity contribution >= 4 is 0 Å². The van der Waals surface area contributed by atoms with Gasteiger partial charge in [0, 0.05) is 51.4 Å². The van der Waals surface area contributed by atoms with Gasteiger partial charge in [-0.1, -0.05) is 19.8 Å². The monoisotopic (exact) mass is 331 g/mol. The minimum Gasteiger partial charge on any atom is -0.303 e. The largest absolute Gasteiger partial charge is 0.303 e. The van der Waals surface area contributed by atoms with Crippen LogP contribution in [-0.2, 0) is 0 Å². The van der Waals surface area contributed by atoms with Crippen LogP contribution in [0.1, 0.15) is 58.3 Å². The van der Waals surface area contributed by atoms with E-state index in [-0.39, 0.29) is 0 Å². The normalized spacial score (nSPS) is 38.0. The van der Waals surface area contributed by atoms with E-state index in [1.807, 2.05) is 0 Å². The molecule has 0 atom stereocenters. The molecule has 0 unspecified atom stereocenters. The Bertz CT molecular complexity index is 451. The van der Waals surface area contributed by atoms with Gasteiger partial charge in [0.05, 0.1) is 0 Å². The third kappa shape index (κ3) is 2.66. The van der Waals surface area contributed by atoms with Gasteiger partial charge in [-0.15, -0.1) is 0 Å². The van der Waals surface area contributed by atoms with Crippen molar-refractivity contribution in [3.8, 4) is 0 Å². The van der Waals surface area contributed by atoms with E-state index in [1.54, 1.807) is 0 Å². The summed E-state index contributed by atoms with van der Waals surface area (Å²) in [4.78, 5) is 8.11. The highest BCUT2D eigenvalue weighted by Gasteiger charge is 2.52. The molecule has 5 fully saturated rings. The number of hydrogen-bond donors (Lipinski definition) is 0. The number of likely N-dealkylation sites (N-methyl/N-ethyl adjacent to an activating group) is 1. The van der Waals surface area contributed by atoms with Crippen LogP contribution in [0.15, 0.2) is 0 Å². The van der Waals surface area contributed by atoms with Crippen LogP contribution in [0.5, 0.6) is 0 Å². The van der Waals surface area contributed by atoms with Gasteiger partial charge in [0.2, 0.25) is 0 Å². The van der Waals surface area contributed by atoms with Crippen LogP contribution in [0.2, 0.25) is 0 Å². The molecule has 24 heavy (non-hydrogen) atoms. The Morgan fingerprint density at radius 2 is 1.12 bits per heavy atom. The van der Waals surface area contributed by atoms with Crippen molar-refractivity contribution in [1.82, 2.24) is 14.7 Å². The molecule has 0 bridgehead atoms. The summed E-state index contributed by atoms with van der Waals surface area (Å²) in [5, 5.41) is 0. The molecule has 0 aromatic rings. The van der Waals surface area contributed by atoms with E-state index in [2.05, 4.69) is 28.7 Å². The Morgan fingerprint density at radius 3 is 1.62 bits per heavy atom. The van der Waals surface area contributed by atoms with Crippen molar-refractivity contribution < 1.29 is 0 Å². The van der Waals surface area contributed by atoms with Crippen LogP contribution in [-0.4, -0.2) is 73.1 Å². The van der Waals surface area contributed by atoms with Gasteiger partial charge in [0.15, 0.2) is 0 Å². The number of rotatable bonds is 2. The Kier molecular flexibility index (Phi) is 3.81. The summed E-state index contributed by atoms with van der Waals surface area (Å²) in [5.74, 6) is 0.997. The second-order valence-corrected chi connectivity index (χ2v) is 10.6. The zero-order valence-corrected chi connectivity index (χ0v) is 16.0. The maximum Gasteiger partial charge on any atom is 0.0350 e. The molecule has 5 rings (SSSR count). The molecule has 2 saturated carbocycles. The van der Waals surface area contributed by atoms with Crippen LogP contribution < -0.4 is 0 Å². The summed E-state index contributed by atoms with van der Waals surface area (Å²) in [6.45, 7) is 10.8. The van der Waals surface area contributed by atoms with E-state index in [1.165, 1.54) is 90.6 Å². The van der Waals surface area contributed by atoms with E-state index in [9.17, 15) is 0 Å². The first kappa shape index (κ1) is 16.1. The minimum atomic E-state index is 0.730. The molecule has 2 spiro atoms. The van der Waals surface area contributed by atoms with Gasteiger partial charge >= 0.3 is 0 Å². The number of likely N-dealkylation sites (tertiary alicyclic amines) is 3. The van der Waals surface area contributed by atoms with Gasteiger partial charge < -0.3 is 4.90 Å². The maximum atomic E-state index is 2.88. The van der Waals surface area contributed by atoms with Crippen molar-refractivity contribution in [2.24, 2.45) is 16.7 Å². The SMILES string of the molecule is CC1CCC2(CC1)CN(C1CCC3(CC1)CN(C1CN(C)C1)C3)C2. The molecule has 5 aliphatic rings. The fourth-order valence-corrected chi connectivity index (χ4v) is 6.63. The molecule has 2 aliphatic carbocycles. The molecule has 0 aromatic carbocycles. The smallest absolute Gasteiger partial charge is 0.0350 e. The van der Waals surface area contributed by atoms with E-state index < -0.39 is 0 Å². The van der Waals surface area contributed by atoms with Gasteiger partial charge in [0.25, 0.3) is 0 Å². The third-order valence-electron chi connectivity index (χ3n) is 8.58. The fourth-order valence-electron chi connectivity index (χ4n) is 6.63. The van der Waals surface area contributed by atoms with E-state index in [4.69, 9.17) is 0 Å². The van der Waals surface area contributed by atoms with E-state index in [0.717, 1.165) is 28.8 Å². The Hall–Kier alpha value is -0.120. The lowest BCUT2D eigenvalue weighted by Gasteiger charge is -2.61. The molecular weight excluding hydrogens is 294 g/mol. The molecule has 136 valence electrons. The first-order valence-electron chi connectivity index (χ1n) is 10.7. The first-order chi connectivity index (χ1) is 11.5. The second-order valence-electron chi connectivity index (χ2n) is 10.6. The van der Waals surface area contributed by atoms with Gasteiger partial charge in [-0.2, -0.15) is 0 Å². The van der Waals surface area contributed by atoms with Crippen LogP contribution in [0.3, 0.4) is 0 Å². The molecule has 3 heterocycles. The Morgan fingerprint density at radius 1 is 0.667 bits per heavy atom. The van der Waals surface area contributed by atoms with Crippen LogP contribution in [0.4, 0.5) is 0 Å². The van der Waals surface area contributed by atoms with Crippen molar-refractivity contribution in [1.29, 1.82) is 0 Å². The molecule has 0 amide bonds.